The second-order valence-electron chi connectivity index (χ2n) is 9.39. The maximum atomic E-state index is 6.66. The van der Waals surface area contributed by atoms with E-state index in [0.29, 0.717) is 26.4 Å². The average molecular weight is 511 g/mol. The molecule has 0 amide bonds. The molecule has 0 radical (unpaired) electrons. The zero-order valence-corrected chi connectivity index (χ0v) is 21.6. The quantitative estimate of drug-likeness (QED) is 0.217. The first-order valence-electron chi connectivity index (χ1n) is 13.0. The molecule has 4 aromatic rings. The summed E-state index contributed by atoms with van der Waals surface area (Å²) < 4.78 is 31.4. The molecule has 1 fully saturated rings. The van der Waals surface area contributed by atoms with Gasteiger partial charge in [0, 0.05) is 0 Å². The summed E-state index contributed by atoms with van der Waals surface area (Å²) in [6.45, 7) is 1.81. The molecule has 5 heteroatoms. The molecule has 1 saturated heterocycles. The highest BCUT2D eigenvalue weighted by Gasteiger charge is 2.47. The van der Waals surface area contributed by atoms with Crippen LogP contribution in [-0.2, 0) is 38.8 Å². The van der Waals surface area contributed by atoms with E-state index in [1.54, 1.807) is 7.11 Å². The average Bonchev–Trinajstić information content (AvgIpc) is 3.33. The van der Waals surface area contributed by atoms with Crippen molar-refractivity contribution in [1.82, 2.24) is 0 Å². The van der Waals surface area contributed by atoms with Crippen LogP contribution in [0.2, 0.25) is 0 Å². The van der Waals surface area contributed by atoms with E-state index in [0.717, 1.165) is 28.0 Å². The molecule has 0 N–H and O–H groups in total. The smallest absolute Gasteiger partial charge is 0.119 e. The summed E-state index contributed by atoms with van der Waals surface area (Å²) in [5, 5.41) is 0. The summed E-state index contributed by atoms with van der Waals surface area (Å²) in [5.41, 5.74) is 4.31. The van der Waals surface area contributed by atoms with Gasteiger partial charge in [-0.1, -0.05) is 103 Å². The molecule has 1 aliphatic rings. The Kier molecular flexibility index (Phi) is 9.19. The van der Waals surface area contributed by atoms with Crippen LogP contribution in [0.3, 0.4) is 0 Å². The van der Waals surface area contributed by atoms with Crippen LogP contribution in [0.15, 0.2) is 115 Å². The minimum atomic E-state index is -0.337. The zero-order valence-electron chi connectivity index (χ0n) is 21.6. The van der Waals surface area contributed by atoms with Gasteiger partial charge in [0.05, 0.1) is 33.5 Å². The highest BCUT2D eigenvalue weighted by molar-refractivity contribution is 5.31. The molecule has 0 bridgehead atoms. The highest BCUT2D eigenvalue weighted by Crippen LogP contribution is 2.39. The third kappa shape index (κ3) is 6.88. The Morgan fingerprint density at radius 3 is 1.74 bits per heavy atom. The number of ether oxygens (including phenoxy) is 5. The molecule has 0 aromatic heterocycles. The Bertz CT molecular complexity index is 1230. The zero-order chi connectivity index (χ0) is 26.0. The molecule has 1 heterocycles. The second-order valence-corrected chi connectivity index (χ2v) is 9.39. The first kappa shape index (κ1) is 26.1. The fourth-order valence-electron chi connectivity index (χ4n) is 4.73. The second kappa shape index (κ2) is 13.4. The van der Waals surface area contributed by atoms with Gasteiger partial charge in [0.2, 0.25) is 0 Å². The third-order valence-corrected chi connectivity index (χ3v) is 6.70. The fourth-order valence-corrected chi connectivity index (χ4v) is 4.73. The van der Waals surface area contributed by atoms with Crippen molar-refractivity contribution in [3.05, 3.63) is 138 Å². The third-order valence-electron chi connectivity index (χ3n) is 6.70. The lowest BCUT2D eigenvalue weighted by atomic mass is 10.0. The van der Waals surface area contributed by atoms with Crippen molar-refractivity contribution in [3.63, 3.8) is 0 Å². The largest absolute Gasteiger partial charge is 0.497 e. The van der Waals surface area contributed by atoms with Gasteiger partial charge in [-0.15, -0.1) is 0 Å². The lowest BCUT2D eigenvalue weighted by molar-refractivity contribution is -0.0898. The van der Waals surface area contributed by atoms with Crippen molar-refractivity contribution in [2.45, 2.75) is 44.2 Å². The maximum Gasteiger partial charge on any atom is 0.119 e. The Balaban J connectivity index is 1.39. The van der Waals surface area contributed by atoms with Gasteiger partial charge in [0.15, 0.2) is 0 Å². The van der Waals surface area contributed by atoms with E-state index >= 15 is 0 Å². The number of rotatable bonds is 12. The standard InChI is InChI=1S/C33H34O5/c1-34-29-19-11-18-28(20-29)31-33(37-23-27-16-9-4-10-17-27)32(36-22-26-14-7-3-8-15-26)30(38-31)24-35-21-25-12-5-2-6-13-25/h2-20,30-33H,21-24H2,1H3. The van der Waals surface area contributed by atoms with Gasteiger partial charge in [-0.25, -0.2) is 0 Å². The molecular formula is C33H34O5. The van der Waals surface area contributed by atoms with Gasteiger partial charge in [-0.2, -0.15) is 0 Å². The predicted molar refractivity (Wildman–Crippen MR) is 147 cm³/mol. The monoisotopic (exact) mass is 510 g/mol. The minimum Gasteiger partial charge on any atom is -0.497 e. The number of methoxy groups -OCH3 is 1. The number of hydrogen-bond donors (Lipinski definition) is 0. The molecule has 38 heavy (non-hydrogen) atoms. The molecule has 5 rings (SSSR count). The van der Waals surface area contributed by atoms with E-state index in [-0.39, 0.29) is 24.4 Å². The topological polar surface area (TPSA) is 46.2 Å². The van der Waals surface area contributed by atoms with Gasteiger partial charge in [-0.3, -0.25) is 0 Å². The van der Waals surface area contributed by atoms with Crippen LogP contribution in [-0.4, -0.2) is 32.0 Å². The summed E-state index contributed by atoms with van der Waals surface area (Å²) >= 11 is 0. The van der Waals surface area contributed by atoms with Crippen LogP contribution in [0.4, 0.5) is 0 Å². The summed E-state index contributed by atoms with van der Waals surface area (Å²) in [6.07, 6.45) is -1.30. The van der Waals surface area contributed by atoms with Gasteiger partial charge < -0.3 is 23.7 Å². The summed E-state index contributed by atoms with van der Waals surface area (Å²) in [7, 11) is 1.67. The first-order chi connectivity index (χ1) is 18.8. The molecule has 0 spiro atoms. The van der Waals surface area contributed by atoms with Crippen molar-refractivity contribution in [1.29, 1.82) is 0 Å². The highest BCUT2D eigenvalue weighted by atomic mass is 16.6. The molecule has 4 atom stereocenters. The summed E-state index contributed by atoms with van der Waals surface area (Å²) in [4.78, 5) is 0. The van der Waals surface area contributed by atoms with Gasteiger partial charge >= 0.3 is 0 Å². The number of benzene rings is 4. The van der Waals surface area contributed by atoms with Crippen LogP contribution in [0, 0.1) is 0 Å². The first-order valence-corrected chi connectivity index (χ1v) is 13.0. The SMILES string of the molecule is COc1cccc(C2OC(COCc3ccccc3)C(OCc3ccccc3)C2OCc2ccccc2)c1. The maximum absolute atomic E-state index is 6.66. The predicted octanol–water partition coefficient (Wildman–Crippen LogP) is 6.52. The molecule has 0 aliphatic carbocycles. The van der Waals surface area contributed by atoms with Crippen molar-refractivity contribution in [2.75, 3.05) is 13.7 Å². The van der Waals surface area contributed by atoms with Crippen molar-refractivity contribution >= 4 is 0 Å². The van der Waals surface area contributed by atoms with Crippen LogP contribution in [0.1, 0.15) is 28.4 Å². The molecule has 5 nitrogen and oxygen atoms in total. The van der Waals surface area contributed by atoms with Crippen molar-refractivity contribution < 1.29 is 23.7 Å². The van der Waals surface area contributed by atoms with E-state index in [1.165, 1.54) is 0 Å². The Labute approximate surface area is 224 Å². The summed E-state index contributed by atoms with van der Waals surface area (Å²) in [6, 6.07) is 38.5. The van der Waals surface area contributed by atoms with Crippen LogP contribution < -0.4 is 4.74 Å². The summed E-state index contributed by atoms with van der Waals surface area (Å²) in [5.74, 6) is 0.776. The molecule has 1 aliphatic heterocycles. The van der Waals surface area contributed by atoms with E-state index in [9.17, 15) is 0 Å². The van der Waals surface area contributed by atoms with E-state index in [1.807, 2.05) is 78.9 Å². The number of hydrogen-bond acceptors (Lipinski definition) is 5. The Morgan fingerprint density at radius 1 is 0.605 bits per heavy atom. The van der Waals surface area contributed by atoms with Crippen LogP contribution in [0.5, 0.6) is 5.75 Å². The molecule has 0 saturated carbocycles. The van der Waals surface area contributed by atoms with Gasteiger partial charge in [-0.05, 0) is 34.4 Å². The van der Waals surface area contributed by atoms with Gasteiger partial charge in [0.25, 0.3) is 0 Å². The van der Waals surface area contributed by atoms with Crippen LogP contribution in [0.25, 0.3) is 0 Å². The molecule has 4 aromatic carbocycles. The molecular weight excluding hydrogens is 476 g/mol. The molecule has 196 valence electrons. The normalized spacial score (nSPS) is 20.9. The minimum absolute atomic E-state index is 0.306. The van der Waals surface area contributed by atoms with E-state index in [2.05, 4.69) is 36.4 Å². The lowest BCUT2D eigenvalue weighted by Crippen LogP contribution is -2.37. The Hall–Kier alpha value is -3.48. The van der Waals surface area contributed by atoms with E-state index < -0.39 is 0 Å². The van der Waals surface area contributed by atoms with Crippen molar-refractivity contribution in [2.24, 2.45) is 0 Å². The molecule has 4 unspecified atom stereocenters. The lowest BCUT2D eigenvalue weighted by Gasteiger charge is -2.25. The van der Waals surface area contributed by atoms with Gasteiger partial charge in [0.1, 0.15) is 30.2 Å². The Morgan fingerprint density at radius 2 is 1.16 bits per heavy atom. The fraction of sp³-hybridized carbons (Fsp3) is 0.273. The van der Waals surface area contributed by atoms with Crippen molar-refractivity contribution in [3.8, 4) is 5.75 Å². The van der Waals surface area contributed by atoms with Crippen LogP contribution >= 0.6 is 0 Å². The van der Waals surface area contributed by atoms with E-state index in [4.69, 9.17) is 23.7 Å².